The van der Waals surface area contributed by atoms with Crippen LogP contribution >= 0.6 is 0 Å². The fourth-order valence-corrected chi connectivity index (χ4v) is 4.26. The van der Waals surface area contributed by atoms with Crippen molar-refractivity contribution in [1.82, 2.24) is 0 Å². The highest BCUT2D eigenvalue weighted by molar-refractivity contribution is 7.92. The Kier molecular flexibility index (Phi) is 4.34. The first-order valence-electron chi connectivity index (χ1n) is 7.31. The lowest BCUT2D eigenvalue weighted by Crippen LogP contribution is -2.17. The minimum absolute atomic E-state index is 0.392. The number of hydrogen-bond donors (Lipinski definition) is 1. The second kappa shape index (κ2) is 5.76. The Morgan fingerprint density at radius 3 is 1.77 bits per heavy atom. The maximum absolute atomic E-state index is 12.8. The van der Waals surface area contributed by atoms with Crippen LogP contribution in [-0.2, 0) is 10.0 Å². The van der Waals surface area contributed by atoms with Crippen LogP contribution in [0.3, 0.4) is 0 Å². The van der Waals surface area contributed by atoms with Gasteiger partial charge in [0.15, 0.2) is 0 Å². The molecule has 0 bridgehead atoms. The predicted molar refractivity (Wildman–Crippen MR) is 92.1 cm³/mol. The molecular formula is C18H23NO2S. The number of anilines is 1. The molecule has 0 aliphatic carbocycles. The van der Waals surface area contributed by atoms with Crippen LogP contribution in [0.15, 0.2) is 29.2 Å². The van der Waals surface area contributed by atoms with E-state index in [0.717, 1.165) is 33.4 Å². The smallest absolute Gasteiger partial charge is 0.262 e. The van der Waals surface area contributed by atoms with Crippen molar-refractivity contribution in [2.24, 2.45) is 0 Å². The Labute approximate surface area is 133 Å². The van der Waals surface area contributed by atoms with Gasteiger partial charge < -0.3 is 0 Å². The summed E-state index contributed by atoms with van der Waals surface area (Å²) in [6, 6.07) is 7.61. The van der Waals surface area contributed by atoms with Crippen LogP contribution in [0.25, 0.3) is 0 Å². The van der Waals surface area contributed by atoms with Gasteiger partial charge in [-0.1, -0.05) is 12.1 Å². The van der Waals surface area contributed by atoms with E-state index in [2.05, 4.69) is 4.72 Å². The van der Waals surface area contributed by atoms with Gasteiger partial charge in [-0.2, -0.15) is 0 Å². The van der Waals surface area contributed by atoms with Crippen LogP contribution in [0.2, 0.25) is 0 Å². The van der Waals surface area contributed by atoms with Crippen molar-refractivity contribution in [2.45, 2.75) is 46.4 Å². The molecule has 0 heterocycles. The summed E-state index contributed by atoms with van der Waals surface area (Å²) in [4.78, 5) is 0.392. The first-order chi connectivity index (χ1) is 10.1. The minimum atomic E-state index is -3.60. The molecule has 0 aliphatic rings. The normalized spacial score (nSPS) is 11.5. The van der Waals surface area contributed by atoms with Crippen molar-refractivity contribution < 1.29 is 8.42 Å². The Morgan fingerprint density at radius 2 is 1.27 bits per heavy atom. The second-order valence-corrected chi connectivity index (χ2v) is 7.61. The van der Waals surface area contributed by atoms with Gasteiger partial charge in [-0.3, -0.25) is 4.72 Å². The number of rotatable bonds is 3. The summed E-state index contributed by atoms with van der Waals surface area (Å²) in [7, 11) is -3.60. The zero-order valence-electron chi connectivity index (χ0n) is 14.0. The van der Waals surface area contributed by atoms with Crippen LogP contribution in [-0.4, -0.2) is 8.42 Å². The molecular weight excluding hydrogens is 294 g/mol. The summed E-state index contributed by atoms with van der Waals surface area (Å²) >= 11 is 0. The molecule has 0 unspecified atom stereocenters. The van der Waals surface area contributed by atoms with Crippen molar-refractivity contribution in [3.63, 3.8) is 0 Å². The van der Waals surface area contributed by atoms with Gasteiger partial charge in [0.2, 0.25) is 0 Å². The van der Waals surface area contributed by atoms with E-state index in [4.69, 9.17) is 0 Å². The van der Waals surface area contributed by atoms with E-state index in [0.29, 0.717) is 10.6 Å². The number of hydrogen-bond acceptors (Lipinski definition) is 2. The SMILES string of the molecule is Cc1ccc(NS(=O)(=O)c2c(C)c(C)cc(C)c2C)cc1C. The third kappa shape index (κ3) is 3.02. The van der Waals surface area contributed by atoms with Crippen LogP contribution in [0.4, 0.5) is 5.69 Å². The largest absolute Gasteiger partial charge is 0.280 e. The molecule has 0 radical (unpaired) electrons. The van der Waals surface area contributed by atoms with Crippen LogP contribution in [0, 0.1) is 41.5 Å². The molecule has 4 heteroatoms. The lowest BCUT2D eigenvalue weighted by Gasteiger charge is -2.17. The lowest BCUT2D eigenvalue weighted by atomic mass is 10.0. The topological polar surface area (TPSA) is 46.2 Å². The summed E-state index contributed by atoms with van der Waals surface area (Å²) in [6.45, 7) is 11.6. The van der Waals surface area contributed by atoms with E-state index in [1.54, 1.807) is 6.07 Å². The zero-order chi connectivity index (χ0) is 16.7. The molecule has 2 aromatic carbocycles. The maximum Gasteiger partial charge on any atom is 0.262 e. The molecule has 0 atom stereocenters. The average Bonchev–Trinajstić information content (AvgIpc) is 2.40. The van der Waals surface area contributed by atoms with Gasteiger partial charge in [0.05, 0.1) is 4.90 Å². The molecule has 3 nitrogen and oxygen atoms in total. The molecule has 0 aromatic heterocycles. The Balaban J connectivity index is 2.54. The molecule has 0 spiro atoms. The predicted octanol–water partition coefficient (Wildman–Crippen LogP) is 4.34. The van der Waals surface area contributed by atoms with Crippen molar-refractivity contribution in [1.29, 1.82) is 0 Å². The molecule has 118 valence electrons. The molecule has 2 aromatic rings. The molecule has 0 aliphatic heterocycles. The van der Waals surface area contributed by atoms with E-state index < -0.39 is 10.0 Å². The van der Waals surface area contributed by atoms with Crippen LogP contribution in [0.5, 0.6) is 0 Å². The van der Waals surface area contributed by atoms with Crippen molar-refractivity contribution in [3.05, 3.63) is 57.6 Å². The van der Waals surface area contributed by atoms with E-state index in [9.17, 15) is 8.42 Å². The summed E-state index contributed by atoms with van der Waals surface area (Å²) in [6.07, 6.45) is 0. The van der Waals surface area contributed by atoms with Gasteiger partial charge in [0, 0.05) is 5.69 Å². The first-order valence-corrected chi connectivity index (χ1v) is 8.79. The molecule has 0 fully saturated rings. The van der Waals surface area contributed by atoms with Crippen molar-refractivity contribution in [2.75, 3.05) is 4.72 Å². The summed E-state index contributed by atoms with van der Waals surface area (Å²) in [5, 5.41) is 0. The lowest BCUT2D eigenvalue weighted by molar-refractivity contribution is 0.599. The number of nitrogens with one attached hydrogen (secondary N) is 1. The van der Waals surface area contributed by atoms with Crippen LogP contribution < -0.4 is 4.72 Å². The van der Waals surface area contributed by atoms with E-state index in [-0.39, 0.29) is 0 Å². The Morgan fingerprint density at radius 1 is 0.727 bits per heavy atom. The number of aryl methyl sites for hydroxylation is 4. The summed E-state index contributed by atoms with van der Waals surface area (Å²) in [5.74, 6) is 0. The fourth-order valence-electron chi connectivity index (χ4n) is 2.59. The number of sulfonamides is 1. The van der Waals surface area contributed by atoms with Gasteiger partial charge in [-0.15, -0.1) is 0 Å². The van der Waals surface area contributed by atoms with Crippen molar-refractivity contribution >= 4 is 15.7 Å². The quantitative estimate of drug-likeness (QED) is 0.915. The molecule has 2 rings (SSSR count). The monoisotopic (exact) mass is 317 g/mol. The summed E-state index contributed by atoms with van der Waals surface area (Å²) in [5.41, 5.74) is 6.39. The highest BCUT2D eigenvalue weighted by Crippen LogP contribution is 2.28. The summed E-state index contributed by atoms with van der Waals surface area (Å²) < 4.78 is 28.4. The molecule has 1 N–H and O–H groups in total. The minimum Gasteiger partial charge on any atom is -0.280 e. The molecule has 0 amide bonds. The van der Waals surface area contributed by atoms with Gasteiger partial charge in [0.25, 0.3) is 10.0 Å². The van der Waals surface area contributed by atoms with Gasteiger partial charge in [-0.25, -0.2) is 8.42 Å². The number of benzene rings is 2. The fraction of sp³-hybridized carbons (Fsp3) is 0.333. The zero-order valence-corrected chi connectivity index (χ0v) is 14.9. The first kappa shape index (κ1) is 16.6. The Bertz CT molecular complexity index is 810. The average molecular weight is 317 g/mol. The third-order valence-electron chi connectivity index (χ3n) is 4.33. The van der Waals surface area contributed by atoms with Crippen molar-refractivity contribution in [3.8, 4) is 0 Å². The second-order valence-electron chi connectivity index (χ2n) is 5.99. The maximum atomic E-state index is 12.8. The van der Waals surface area contributed by atoms with Gasteiger partial charge in [-0.05, 0) is 87.1 Å². The Hall–Kier alpha value is -1.81. The van der Waals surface area contributed by atoms with E-state index >= 15 is 0 Å². The molecule has 0 saturated heterocycles. The third-order valence-corrected chi connectivity index (χ3v) is 5.98. The van der Waals surface area contributed by atoms with Gasteiger partial charge >= 0.3 is 0 Å². The van der Waals surface area contributed by atoms with E-state index in [1.807, 2.05) is 59.7 Å². The van der Waals surface area contributed by atoms with Gasteiger partial charge in [0.1, 0.15) is 0 Å². The molecule has 0 saturated carbocycles. The highest BCUT2D eigenvalue weighted by atomic mass is 32.2. The standard InChI is InChI=1S/C18H23NO2S/c1-11-7-8-17(10-12(11)2)19-22(20,21)18-15(5)13(3)9-14(4)16(18)6/h7-10,19H,1-6H3. The highest BCUT2D eigenvalue weighted by Gasteiger charge is 2.22. The van der Waals surface area contributed by atoms with E-state index in [1.165, 1.54) is 0 Å². The van der Waals surface area contributed by atoms with Crippen LogP contribution in [0.1, 0.15) is 33.4 Å². The molecule has 22 heavy (non-hydrogen) atoms.